The molecule has 0 saturated heterocycles. The fourth-order valence-electron chi connectivity index (χ4n) is 2.02. The van der Waals surface area contributed by atoms with Crippen molar-refractivity contribution in [3.8, 4) is 0 Å². The van der Waals surface area contributed by atoms with Gasteiger partial charge in [-0.1, -0.05) is 0 Å². The van der Waals surface area contributed by atoms with Crippen LogP contribution in [0.15, 0.2) is 10.4 Å². The van der Waals surface area contributed by atoms with Crippen molar-refractivity contribution in [2.24, 2.45) is 4.99 Å². The molecule has 0 bridgehead atoms. The molecule has 0 aromatic carbocycles. The molecule has 0 aliphatic rings. The Morgan fingerprint density at radius 1 is 1.32 bits per heavy atom. The monoisotopic (exact) mass is 337 g/mol. The van der Waals surface area contributed by atoms with Crippen LogP contribution >= 0.6 is 22.7 Å². The minimum atomic E-state index is 0.613. The largest absolute Gasteiger partial charge is 0.357 e. The molecule has 0 aliphatic carbocycles. The Kier molecular flexibility index (Phi) is 5.90. The molecule has 0 aliphatic heterocycles. The molecule has 2 heterocycles. The highest BCUT2D eigenvalue weighted by atomic mass is 32.1. The molecular weight excluding hydrogens is 314 g/mol. The minimum Gasteiger partial charge on any atom is -0.357 e. The van der Waals surface area contributed by atoms with Crippen molar-refractivity contribution in [1.82, 2.24) is 20.2 Å². The highest BCUT2D eigenvalue weighted by Crippen LogP contribution is 2.17. The first-order valence-corrected chi connectivity index (χ1v) is 9.02. The second-order valence-corrected chi connectivity index (χ2v) is 7.48. The minimum absolute atomic E-state index is 0.613. The highest BCUT2D eigenvalue weighted by molar-refractivity contribution is 7.11. The van der Waals surface area contributed by atoms with E-state index < -0.39 is 0 Å². The van der Waals surface area contributed by atoms with E-state index in [0.29, 0.717) is 6.54 Å². The Morgan fingerprint density at radius 2 is 2.09 bits per heavy atom. The van der Waals surface area contributed by atoms with E-state index in [1.165, 1.54) is 4.88 Å². The van der Waals surface area contributed by atoms with Crippen LogP contribution in [0.2, 0.25) is 0 Å². The second kappa shape index (κ2) is 7.69. The summed E-state index contributed by atoms with van der Waals surface area (Å²) in [6, 6.07) is 0. The summed E-state index contributed by atoms with van der Waals surface area (Å²) >= 11 is 3.40. The maximum atomic E-state index is 4.70. The first-order valence-electron chi connectivity index (χ1n) is 7.33. The third-order valence-electron chi connectivity index (χ3n) is 3.20. The summed E-state index contributed by atoms with van der Waals surface area (Å²) in [4.78, 5) is 17.1. The van der Waals surface area contributed by atoms with Crippen LogP contribution in [0.25, 0.3) is 0 Å². The molecule has 2 aromatic heterocycles. The number of thiazole rings is 2. The maximum absolute atomic E-state index is 4.70. The number of rotatable bonds is 5. The zero-order valence-electron chi connectivity index (χ0n) is 13.8. The Bertz CT molecular complexity index is 625. The predicted octanol–water partition coefficient (Wildman–Crippen LogP) is 3.12. The lowest BCUT2D eigenvalue weighted by Gasteiger charge is -2.20. The molecule has 0 spiro atoms. The molecule has 120 valence electrons. The molecule has 0 radical (unpaired) electrons. The first kappa shape index (κ1) is 16.9. The third kappa shape index (κ3) is 4.51. The van der Waals surface area contributed by atoms with Crippen molar-refractivity contribution >= 4 is 28.6 Å². The molecule has 0 saturated carbocycles. The van der Waals surface area contributed by atoms with E-state index >= 15 is 0 Å². The van der Waals surface area contributed by atoms with Crippen molar-refractivity contribution < 1.29 is 0 Å². The average Bonchev–Trinajstić information content (AvgIpc) is 3.01. The molecule has 0 amide bonds. The lowest BCUT2D eigenvalue weighted by molar-refractivity contribution is 0.470. The van der Waals surface area contributed by atoms with Crippen LogP contribution in [-0.2, 0) is 13.1 Å². The van der Waals surface area contributed by atoms with Crippen LogP contribution in [0, 0.1) is 20.8 Å². The van der Waals surface area contributed by atoms with Gasteiger partial charge in [0.2, 0.25) is 0 Å². The zero-order chi connectivity index (χ0) is 16.1. The van der Waals surface area contributed by atoms with Gasteiger partial charge < -0.3 is 10.2 Å². The lowest BCUT2D eigenvalue weighted by Crippen LogP contribution is -2.38. The van der Waals surface area contributed by atoms with Crippen LogP contribution in [0.3, 0.4) is 0 Å². The fourth-order valence-corrected chi connectivity index (χ4v) is 3.48. The molecule has 7 heteroatoms. The Hall–Kier alpha value is -1.47. The smallest absolute Gasteiger partial charge is 0.194 e. The molecule has 2 rings (SSSR count). The zero-order valence-corrected chi connectivity index (χ0v) is 15.4. The normalized spacial score (nSPS) is 11.8. The topological polar surface area (TPSA) is 53.4 Å². The van der Waals surface area contributed by atoms with Gasteiger partial charge in [0.1, 0.15) is 5.01 Å². The van der Waals surface area contributed by atoms with Crippen LogP contribution in [-0.4, -0.2) is 34.4 Å². The summed E-state index contributed by atoms with van der Waals surface area (Å²) in [6.07, 6.45) is 0. The number of nitrogens with one attached hydrogen (secondary N) is 1. The van der Waals surface area contributed by atoms with Gasteiger partial charge in [0, 0.05) is 23.8 Å². The van der Waals surface area contributed by atoms with E-state index in [9.17, 15) is 0 Å². The number of hydrogen-bond acceptors (Lipinski definition) is 5. The summed E-state index contributed by atoms with van der Waals surface area (Å²) in [5, 5.41) is 7.58. The molecule has 1 N–H and O–H groups in total. The van der Waals surface area contributed by atoms with Gasteiger partial charge in [-0.2, -0.15) is 0 Å². The van der Waals surface area contributed by atoms with Crippen LogP contribution in [0.5, 0.6) is 0 Å². The van der Waals surface area contributed by atoms with Crippen molar-refractivity contribution in [2.45, 2.75) is 40.8 Å². The predicted molar refractivity (Wildman–Crippen MR) is 94.7 cm³/mol. The van der Waals surface area contributed by atoms with Crippen LogP contribution in [0.1, 0.15) is 33.2 Å². The van der Waals surface area contributed by atoms with Gasteiger partial charge in [0.25, 0.3) is 0 Å². The Morgan fingerprint density at radius 3 is 2.64 bits per heavy atom. The van der Waals surface area contributed by atoms with E-state index in [0.717, 1.165) is 40.5 Å². The number of aryl methyl sites for hydroxylation is 3. The summed E-state index contributed by atoms with van der Waals surface area (Å²) in [7, 11) is 2.04. The molecule has 0 fully saturated rings. The Labute approximate surface area is 140 Å². The third-order valence-corrected chi connectivity index (χ3v) is 5.08. The molecule has 2 aromatic rings. The van der Waals surface area contributed by atoms with E-state index in [4.69, 9.17) is 4.99 Å². The van der Waals surface area contributed by atoms with Crippen LogP contribution < -0.4 is 5.32 Å². The van der Waals surface area contributed by atoms with E-state index in [2.05, 4.69) is 39.4 Å². The number of nitrogens with zero attached hydrogens (tertiary/aromatic N) is 4. The number of aliphatic imine (C=N–C) groups is 1. The second-order valence-electron chi connectivity index (χ2n) is 5.13. The van der Waals surface area contributed by atoms with Crippen molar-refractivity contribution in [3.05, 3.63) is 31.7 Å². The summed E-state index contributed by atoms with van der Waals surface area (Å²) < 4.78 is 0. The summed E-state index contributed by atoms with van der Waals surface area (Å²) in [5.41, 5.74) is 2.18. The van der Waals surface area contributed by atoms with Gasteiger partial charge in [-0.3, -0.25) is 0 Å². The van der Waals surface area contributed by atoms with Crippen LogP contribution in [0.4, 0.5) is 0 Å². The summed E-state index contributed by atoms with van der Waals surface area (Å²) in [5.74, 6) is 0.888. The fraction of sp³-hybridized carbons (Fsp3) is 0.533. The van der Waals surface area contributed by atoms with Gasteiger partial charge in [-0.05, 0) is 27.7 Å². The van der Waals surface area contributed by atoms with E-state index in [1.54, 1.807) is 22.7 Å². The maximum Gasteiger partial charge on any atom is 0.194 e. The van der Waals surface area contributed by atoms with Gasteiger partial charge in [0.05, 0.1) is 29.5 Å². The van der Waals surface area contributed by atoms with E-state index in [-0.39, 0.29) is 0 Å². The SMILES string of the molecule is CCNC(=NCc1nc(C)c(C)s1)N(C)Cc1csc(C)n1. The average molecular weight is 338 g/mol. The molecule has 0 unspecified atom stereocenters. The van der Waals surface area contributed by atoms with Gasteiger partial charge in [-0.25, -0.2) is 15.0 Å². The quantitative estimate of drug-likeness (QED) is 0.673. The van der Waals surface area contributed by atoms with Gasteiger partial charge in [-0.15, -0.1) is 22.7 Å². The van der Waals surface area contributed by atoms with Gasteiger partial charge >= 0.3 is 0 Å². The highest BCUT2D eigenvalue weighted by Gasteiger charge is 2.09. The molecular formula is C15H23N5S2. The molecule has 22 heavy (non-hydrogen) atoms. The summed E-state index contributed by atoms with van der Waals surface area (Å²) in [6.45, 7) is 10.5. The van der Waals surface area contributed by atoms with E-state index in [1.807, 2.05) is 20.9 Å². The standard InChI is InChI=1S/C15H23N5S2/c1-6-16-15(17-7-14-18-10(2)11(3)22-14)20(5)8-13-9-21-12(4)19-13/h9H,6-8H2,1-5H3,(H,16,17). The molecule has 5 nitrogen and oxygen atoms in total. The van der Waals surface area contributed by atoms with Crippen molar-refractivity contribution in [2.75, 3.05) is 13.6 Å². The number of hydrogen-bond donors (Lipinski definition) is 1. The van der Waals surface area contributed by atoms with Crippen molar-refractivity contribution in [1.29, 1.82) is 0 Å². The Balaban J connectivity index is 2.05. The number of aromatic nitrogens is 2. The number of guanidine groups is 1. The lowest BCUT2D eigenvalue weighted by atomic mass is 10.4. The van der Waals surface area contributed by atoms with Gasteiger partial charge in [0.15, 0.2) is 5.96 Å². The van der Waals surface area contributed by atoms with Crippen molar-refractivity contribution in [3.63, 3.8) is 0 Å². The first-order chi connectivity index (χ1) is 10.5. The molecule has 0 atom stereocenters.